The van der Waals surface area contributed by atoms with Crippen molar-refractivity contribution in [1.82, 2.24) is 10.6 Å². The van der Waals surface area contributed by atoms with Crippen molar-refractivity contribution in [2.24, 2.45) is 5.92 Å². The van der Waals surface area contributed by atoms with Gasteiger partial charge in [0.25, 0.3) is 0 Å². The first-order valence-electron chi connectivity index (χ1n) is 6.35. The lowest BCUT2D eigenvalue weighted by Crippen LogP contribution is -2.34. The number of amides is 1. The van der Waals surface area contributed by atoms with E-state index in [0.29, 0.717) is 13.1 Å². The molecule has 0 radical (unpaired) electrons. The minimum absolute atomic E-state index is 0.0326. The number of methoxy groups -OCH3 is 1. The summed E-state index contributed by atoms with van der Waals surface area (Å²) in [4.78, 5) is 11.4. The Morgan fingerprint density at radius 3 is 2.74 bits per heavy atom. The van der Waals surface area contributed by atoms with E-state index in [1.165, 1.54) is 0 Å². The van der Waals surface area contributed by atoms with Crippen molar-refractivity contribution in [3.05, 3.63) is 28.2 Å². The molecule has 5 heteroatoms. The van der Waals surface area contributed by atoms with Crippen LogP contribution < -0.4 is 15.4 Å². The summed E-state index contributed by atoms with van der Waals surface area (Å²) in [6.07, 6.45) is 0. The summed E-state index contributed by atoms with van der Waals surface area (Å²) in [6, 6.07) is 5.91. The smallest absolute Gasteiger partial charge is 0.222 e. The number of carbonyl (C=O) groups is 1. The molecule has 4 nitrogen and oxygen atoms in total. The predicted octanol–water partition coefficient (Wildman–Crippen LogP) is 2.32. The number of rotatable bonds is 7. The van der Waals surface area contributed by atoms with E-state index < -0.39 is 0 Å². The molecule has 1 aromatic rings. The fourth-order valence-corrected chi connectivity index (χ4v) is 2.00. The van der Waals surface area contributed by atoms with E-state index in [1.807, 2.05) is 32.0 Å². The summed E-state index contributed by atoms with van der Waals surface area (Å²) in [6.45, 7) is 5.84. The van der Waals surface area contributed by atoms with Gasteiger partial charge in [0.2, 0.25) is 5.91 Å². The minimum atomic E-state index is 0.0326. The molecule has 106 valence electrons. The number of hydrogen-bond donors (Lipinski definition) is 2. The number of carbonyl (C=O) groups excluding carboxylic acids is 1. The highest BCUT2D eigenvalue weighted by Gasteiger charge is 2.05. The molecule has 0 aromatic heterocycles. The van der Waals surface area contributed by atoms with E-state index >= 15 is 0 Å². The Morgan fingerprint density at radius 2 is 2.11 bits per heavy atom. The lowest BCUT2D eigenvalue weighted by molar-refractivity contribution is -0.123. The molecular weight excluding hydrogens is 308 g/mol. The third-order valence-electron chi connectivity index (χ3n) is 2.68. The molecule has 0 aliphatic carbocycles. The highest BCUT2D eigenvalue weighted by Crippen LogP contribution is 2.22. The number of benzene rings is 1. The number of halogens is 1. The Morgan fingerprint density at radius 1 is 1.37 bits per heavy atom. The summed E-state index contributed by atoms with van der Waals surface area (Å²) in [7, 11) is 1.66. The van der Waals surface area contributed by atoms with Gasteiger partial charge in [0, 0.05) is 35.6 Å². The predicted molar refractivity (Wildman–Crippen MR) is 80.2 cm³/mol. The maximum absolute atomic E-state index is 11.4. The number of nitrogens with one attached hydrogen (secondary N) is 2. The van der Waals surface area contributed by atoms with Crippen LogP contribution >= 0.6 is 15.9 Å². The van der Waals surface area contributed by atoms with Crippen molar-refractivity contribution in [3.8, 4) is 5.75 Å². The summed E-state index contributed by atoms with van der Waals surface area (Å²) >= 11 is 3.44. The van der Waals surface area contributed by atoms with Crippen LogP contribution in [0.3, 0.4) is 0 Å². The molecule has 0 bridgehead atoms. The van der Waals surface area contributed by atoms with Crippen molar-refractivity contribution in [2.75, 3.05) is 20.2 Å². The summed E-state index contributed by atoms with van der Waals surface area (Å²) < 4.78 is 6.32. The van der Waals surface area contributed by atoms with Gasteiger partial charge in [-0.1, -0.05) is 29.8 Å². The van der Waals surface area contributed by atoms with Crippen molar-refractivity contribution in [1.29, 1.82) is 0 Å². The molecule has 0 saturated heterocycles. The second-order valence-electron chi connectivity index (χ2n) is 4.58. The Balaban J connectivity index is 2.33. The summed E-state index contributed by atoms with van der Waals surface area (Å²) in [5.74, 6) is 0.980. The molecule has 19 heavy (non-hydrogen) atoms. The van der Waals surface area contributed by atoms with E-state index in [9.17, 15) is 4.79 Å². The van der Waals surface area contributed by atoms with E-state index in [2.05, 4.69) is 26.6 Å². The molecule has 0 aliphatic rings. The van der Waals surface area contributed by atoms with Gasteiger partial charge in [-0.3, -0.25) is 4.79 Å². The van der Waals surface area contributed by atoms with Crippen LogP contribution in [-0.2, 0) is 11.3 Å². The molecule has 0 fully saturated rings. The largest absolute Gasteiger partial charge is 0.496 e. The lowest BCUT2D eigenvalue weighted by Gasteiger charge is -2.11. The van der Waals surface area contributed by atoms with Gasteiger partial charge in [0.15, 0.2) is 0 Å². The monoisotopic (exact) mass is 328 g/mol. The Hall–Kier alpha value is -1.07. The molecule has 0 aliphatic heterocycles. The lowest BCUT2D eigenvalue weighted by atomic mass is 10.2. The summed E-state index contributed by atoms with van der Waals surface area (Å²) in [5.41, 5.74) is 1.09. The minimum Gasteiger partial charge on any atom is -0.496 e. The SMILES string of the molecule is COc1ccc(Br)cc1CNCCNC(=O)C(C)C. The van der Waals surface area contributed by atoms with Gasteiger partial charge in [-0.2, -0.15) is 0 Å². The molecule has 1 rings (SSSR count). The Bertz CT molecular complexity index is 422. The third-order valence-corrected chi connectivity index (χ3v) is 3.18. The summed E-state index contributed by atoms with van der Waals surface area (Å²) in [5, 5.41) is 6.15. The van der Waals surface area contributed by atoms with Crippen LogP contribution in [0, 0.1) is 5.92 Å². The van der Waals surface area contributed by atoms with Crippen molar-refractivity contribution in [3.63, 3.8) is 0 Å². The molecule has 0 spiro atoms. The zero-order valence-corrected chi connectivity index (χ0v) is 13.2. The molecule has 0 saturated carbocycles. The molecule has 0 heterocycles. The highest BCUT2D eigenvalue weighted by molar-refractivity contribution is 9.10. The zero-order chi connectivity index (χ0) is 14.3. The molecule has 0 unspecified atom stereocenters. The van der Waals surface area contributed by atoms with Crippen LogP contribution in [0.4, 0.5) is 0 Å². The average Bonchev–Trinajstić information content (AvgIpc) is 2.38. The topological polar surface area (TPSA) is 50.4 Å². The van der Waals surface area contributed by atoms with Gasteiger partial charge in [0.1, 0.15) is 5.75 Å². The fraction of sp³-hybridized carbons (Fsp3) is 0.500. The maximum Gasteiger partial charge on any atom is 0.222 e. The molecule has 1 aromatic carbocycles. The second-order valence-corrected chi connectivity index (χ2v) is 5.49. The first kappa shape index (κ1) is 16.0. The molecule has 0 atom stereocenters. The fourth-order valence-electron chi connectivity index (χ4n) is 1.59. The van der Waals surface area contributed by atoms with Gasteiger partial charge in [-0.05, 0) is 18.2 Å². The second kappa shape index (κ2) is 8.17. The van der Waals surface area contributed by atoms with Crippen LogP contribution in [0.2, 0.25) is 0 Å². The van der Waals surface area contributed by atoms with Crippen LogP contribution in [0.15, 0.2) is 22.7 Å². The van der Waals surface area contributed by atoms with E-state index in [1.54, 1.807) is 7.11 Å². The van der Waals surface area contributed by atoms with Crippen LogP contribution in [0.25, 0.3) is 0 Å². The van der Waals surface area contributed by atoms with E-state index in [-0.39, 0.29) is 11.8 Å². The standard InChI is InChI=1S/C14H21BrN2O2/c1-10(2)14(18)17-7-6-16-9-11-8-12(15)4-5-13(11)19-3/h4-5,8,10,16H,6-7,9H2,1-3H3,(H,17,18). The highest BCUT2D eigenvalue weighted by atomic mass is 79.9. The molecule has 1 amide bonds. The maximum atomic E-state index is 11.4. The van der Waals surface area contributed by atoms with Crippen molar-refractivity contribution >= 4 is 21.8 Å². The first-order chi connectivity index (χ1) is 9.04. The average molecular weight is 329 g/mol. The Kier molecular flexibility index (Phi) is 6.87. The quantitative estimate of drug-likeness (QED) is 0.755. The van der Waals surface area contributed by atoms with Crippen LogP contribution in [0.5, 0.6) is 5.75 Å². The normalized spacial score (nSPS) is 10.6. The molecular formula is C14H21BrN2O2. The Labute approximate surface area is 123 Å². The van der Waals surface area contributed by atoms with E-state index in [0.717, 1.165) is 22.3 Å². The van der Waals surface area contributed by atoms with Crippen LogP contribution in [0.1, 0.15) is 19.4 Å². The van der Waals surface area contributed by atoms with Crippen molar-refractivity contribution in [2.45, 2.75) is 20.4 Å². The van der Waals surface area contributed by atoms with Crippen LogP contribution in [-0.4, -0.2) is 26.1 Å². The number of hydrogen-bond acceptors (Lipinski definition) is 3. The van der Waals surface area contributed by atoms with Gasteiger partial charge in [0.05, 0.1) is 7.11 Å². The first-order valence-corrected chi connectivity index (χ1v) is 7.14. The van der Waals surface area contributed by atoms with Gasteiger partial charge in [-0.25, -0.2) is 0 Å². The van der Waals surface area contributed by atoms with E-state index in [4.69, 9.17) is 4.74 Å². The van der Waals surface area contributed by atoms with Gasteiger partial charge in [-0.15, -0.1) is 0 Å². The van der Waals surface area contributed by atoms with Crippen molar-refractivity contribution < 1.29 is 9.53 Å². The molecule has 2 N–H and O–H groups in total. The zero-order valence-electron chi connectivity index (χ0n) is 11.6. The third kappa shape index (κ3) is 5.61. The number of ether oxygens (including phenoxy) is 1. The van der Waals surface area contributed by atoms with Gasteiger partial charge >= 0.3 is 0 Å². The van der Waals surface area contributed by atoms with Gasteiger partial charge < -0.3 is 15.4 Å².